The maximum absolute atomic E-state index is 13.8. The molecule has 0 aromatic heterocycles. The van der Waals surface area contributed by atoms with Crippen molar-refractivity contribution in [1.29, 1.82) is 0 Å². The van der Waals surface area contributed by atoms with Gasteiger partial charge in [0, 0.05) is 25.2 Å². The second-order valence-electron chi connectivity index (χ2n) is 5.90. The van der Waals surface area contributed by atoms with E-state index >= 15 is 0 Å². The minimum atomic E-state index is -1.08. The van der Waals surface area contributed by atoms with Crippen LogP contribution < -0.4 is 9.64 Å². The van der Waals surface area contributed by atoms with Gasteiger partial charge in [-0.25, -0.2) is 13.6 Å². The Bertz CT molecular complexity index is 793. The highest BCUT2D eigenvalue weighted by atomic mass is 19.1. The highest BCUT2D eigenvalue weighted by Gasteiger charge is 2.19. The van der Waals surface area contributed by atoms with E-state index in [4.69, 9.17) is 9.84 Å². The summed E-state index contributed by atoms with van der Waals surface area (Å²) in [6, 6.07) is 9.68. The molecule has 1 atom stereocenters. The highest BCUT2D eigenvalue weighted by molar-refractivity contribution is 5.93. The zero-order valence-electron chi connectivity index (χ0n) is 14.4. The molecule has 0 bridgehead atoms. The lowest BCUT2D eigenvalue weighted by Gasteiger charge is -2.20. The highest BCUT2D eigenvalue weighted by Crippen LogP contribution is 2.25. The molecule has 26 heavy (non-hydrogen) atoms. The molecule has 0 aliphatic rings. The standard InChI is InChI=1S/C19H19F2NO4/c1-12(16-8-3-13(20)10-17(16)21)9-18(23)22(2)14-4-6-15(7-5-14)26-11-19(24)25/h3-8,10,12H,9,11H2,1-2H3,(H,24,25). The first-order valence-corrected chi connectivity index (χ1v) is 7.94. The van der Waals surface area contributed by atoms with Crippen LogP contribution in [0.25, 0.3) is 0 Å². The second kappa shape index (κ2) is 8.42. The SMILES string of the molecule is CC(CC(=O)N(C)c1ccc(OCC(=O)O)cc1)c1ccc(F)cc1F. The lowest BCUT2D eigenvalue weighted by atomic mass is 9.96. The van der Waals surface area contributed by atoms with E-state index in [-0.39, 0.29) is 17.9 Å². The lowest BCUT2D eigenvalue weighted by molar-refractivity contribution is -0.139. The summed E-state index contributed by atoms with van der Waals surface area (Å²) in [7, 11) is 1.59. The number of aliphatic carboxylic acids is 1. The van der Waals surface area contributed by atoms with Crippen LogP contribution in [0.15, 0.2) is 42.5 Å². The number of rotatable bonds is 7. The average molecular weight is 363 g/mol. The summed E-state index contributed by atoms with van der Waals surface area (Å²) in [6.45, 7) is 1.25. The number of amides is 1. The first-order chi connectivity index (χ1) is 12.3. The van der Waals surface area contributed by atoms with Crippen LogP contribution in [0, 0.1) is 11.6 Å². The molecule has 0 heterocycles. The number of carboxylic acid groups (broad SMARTS) is 1. The maximum atomic E-state index is 13.8. The van der Waals surface area contributed by atoms with Crippen molar-refractivity contribution < 1.29 is 28.2 Å². The Labute approximate surface area is 149 Å². The van der Waals surface area contributed by atoms with Crippen LogP contribution >= 0.6 is 0 Å². The van der Waals surface area contributed by atoms with Crippen LogP contribution in [-0.4, -0.2) is 30.6 Å². The Kier molecular flexibility index (Phi) is 6.27. The molecule has 5 nitrogen and oxygen atoms in total. The molecule has 2 rings (SSSR count). The number of carboxylic acids is 1. The zero-order valence-corrected chi connectivity index (χ0v) is 14.4. The smallest absolute Gasteiger partial charge is 0.341 e. The number of nitrogens with zero attached hydrogens (tertiary/aromatic N) is 1. The Hall–Kier alpha value is -2.96. The molecule has 1 unspecified atom stereocenters. The monoisotopic (exact) mass is 363 g/mol. The molecule has 1 N–H and O–H groups in total. The number of anilines is 1. The van der Waals surface area contributed by atoms with Gasteiger partial charge in [0.15, 0.2) is 6.61 Å². The number of carbonyl (C=O) groups is 2. The van der Waals surface area contributed by atoms with Gasteiger partial charge in [0.1, 0.15) is 17.4 Å². The normalized spacial score (nSPS) is 11.7. The van der Waals surface area contributed by atoms with Crippen molar-refractivity contribution in [2.45, 2.75) is 19.3 Å². The summed E-state index contributed by atoms with van der Waals surface area (Å²) in [4.78, 5) is 24.3. The number of benzene rings is 2. The fourth-order valence-electron chi connectivity index (χ4n) is 2.47. The Morgan fingerprint density at radius 1 is 1.15 bits per heavy atom. The molecule has 0 radical (unpaired) electrons. The summed E-state index contributed by atoms with van der Waals surface area (Å²) in [5, 5.41) is 8.58. The summed E-state index contributed by atoms with van der Waals surface area (Å²) in [5.74, 6) is -2.69. The quantitative estimate of drug-likeness (QED) is 0.816. The van der Waals surface area contributed by atoms with Gasteiger partial charge in [-0.3, -0.25) is 4.79 Å². The zero-order chi connectivity index (χ0) is 19.3. The van der Waals surface area contributed by atoms with Crippen LogP contribution in [0.4, 0.5) is 14.5 Å². The van der Waals surface area contributed by atoms with Crippen molar-refractivity contribution in [2.24, 2.45) is 0 Å². The van der Waals surface area contributed by atoms with Crippen molar-refractivity contribution in [3.63, 3.8) is 0 Å². The second-order valence-corrected chi connectivity index (χ2v) is 5.90. The van der Waals surface area contributed by atoms with Crippen LogP contribution in [0.5, 0.6) is 5.75 Å². The average Bonchev–Trinajstić information content (AvgIpc) is 2.59. The molecule has 2 aromatic rings. The number of carbonyl (C=O) groups excluding carboxylic acids is 1. The fourth-order valence-corrected chi connectivity index (χ4v) is 2.47. The van der Waals surface area contributed by atoms with Gasteiger partial charge >= 0.3 is 5.97 Å². The van der Waals surface area contributed by atoms with E-state index in [0.29, 0.717) is 11.4 Å². The van der Waals surface area contributed by atoms with Crippen molar-refractivity contribution >= 4 is 17.6 Å². The maximum Gasteiger partial charge on any atom is 0.341 e. The number of hydrogen-bond acceptors (Lipinski definition) is 3. The summed E-state index contributed by atoms with van der Waals surface area (Å²) in [5.41, 5.74) is 0.870. The summed E-state index contributed by atoms with van der Waals surface area (Å²) < 4.78 is 31.9. The molecule has 0 aliphatic carbocycles. The van der Waals surface area contributed by atoms with Gasteiger partial charge < -0.3 is 14.7 Å². The largest absolute Gasteiger partial charge is 0.482 e. The van der Waals surface area contributed by atoms with Crippen LogP contribution in [0.1, 0.15) is 24.8 Å². The Morgan fingerprint density at radius 2 is 1.81 bits per heavy atom. The third-order valence-corrected chi connectivity index (χ3v) is 3.93. The minimum absolute atomic E-state index is 0.0519. The van der Waals surface area contributed by atoms with Crippen molar-refractivity contribution in [2.75, 3.05) is 18.6 Å². The summed E-state index contributed by atoms with van der Waals surface area (Å²) in [6.07, 6.45) is 0.0519. The lowest BCUT2D eigenvalue weighted by Crippen LogP contribution is -2.27. The van der Waals surface area contributed by atoms with E-state index in [1.54, 1.807) is 38.2 Å². The molecule has 1 amide bonds. The van der Waals surface area contributed by atoms with Gasteiger partial charge in [-0.2, -0.15) is 0 Å². The van der Waals surface area contributed by atoms with Crippen LogP contribution in [0.2, 0.25) is 0 Å². The van der Waals surface area contributed by atoms with Crippen LogP contribution in [0.3, 0.4) is 0 Å². The van der Waals surface area contributed by atoms with E-state index in [1.165, 1.54) is 17.0 Å². The molecule has 138 valence electrons. The number of hydrogen-bond donors (Lipinski definition) is 1. The first kappa shape index (κ1) is 19.4. The molecule has 0 saturated heterocycles. The number of ether oxygens (including phenoxy) is 1. The molecule has 0 saturated carbocycles. The molecule has 7 heteroatoms. The third-order valence-electron chi connectivity index (χ3n) is 3.93. The number of halogens is 2. The first-order valence-electron chi connectivity index (χ1n) is 7.94. The minimum Gasteiger partial charge on any atom is -0.482 e. The molecule has 0 spiro atoms. The Morgan fingerprint density at radius 3 is 2.38 bits per heavy atom. The topological polar surface area (TPSA) is 66.8 Å². The predicted octanol–water partition coefficient (Wildman–Crippen LogP) is 3.58. The third kappa shape index (κ3) is 5.02. The van der Waals surface area contributed by atoms with Gasteiger partial charge in [0.05, 0.1) is 0 Å². The molecule has 0 aliphatic heterocycles. The van der Waals surface area contributed by atoms with Crippen LogP contribution in [-0.2, 0) is 9.59 Å². The van der Waals surface area contributed by atoms with Gasteiger partial charge in [0.2, 0.25) is 5.91 Å². The molecular weight excluding hydrogens is 344 g/mol. The van der Waals surface area contributed by atoms with Gasteiger partial charge in [-0.1, -0.05) is 13.0 Å². The van der Waals surface area contributed by atoms with Gasteiger partial charge in [-0.15, -0.1) is 0 Å². The van der Waals surface area contributed by atoms with E-state index in [9.17, 15) is 18.4 Å². The fraction of sp³-hybridized carbons (Fsp3) is 0.263. The van der Waals surface area contributed by atoms with E-state index in [1.807, 2.05) is 0 Å². The molecular formula is C19H19F2NO4. The van der Waals surface area contributed by atoms with Crippen molar-refractivity contribution in [3.8, 4) is 5.75 Å². The molecule has 2 aromatic carbocycles. The molecule has 0 fully saturated rings. The van der Waals surface area contributed by atoms with Gasteiger partial charge in [-0.05, 0) is 41.8 Å². The van der Waals surface area contributed by atoms with Crippen molar-refractivity contribution in [3.05, 3.63) is 59.7 Å². The summed E-state index contributed by atoms with van der Waals surface area (Å²) >= 11 is 0. The van der Waals surface area contributed by atoms with E-state index in [0.717, 1.165) is 6.07 Å². The van der Waals surface area contributed by atoms with Crippen molar-refractivity contribution in [1.82, 2.24) is 0 Å². The van der Waals surface area contributed by atoms with Gasteiger partial charge in [0.25, 0.3) is 0 Å². The predicted molar refractivity (Wildman–Crippen MR) is 92.4 cm³/mol. The Balaban J connectivity index is 2.01. The van der Waals surface area contributed by atoms with E-state index < -0.39 is 30.1 Å². The van der Waals surface area contributed by atoms with E-state index in [2.05, 4.69) is 0 Å².